The minimum Gasteiger partial charge on any atom is -0.326 e. The van der Waals surface area contributed by atoms with Crippen LogP contribution in [-0.4, -0.2) is 21.8 Å². The summed E-state index contributed by atoms with van der Waals surface area (Å²) in [6.07, 6.45) is 1.88. The highest BCUT2D eigenvalue weighted by Gasteiger charge is 2.29. The maximum Gasteiger partial charge on any atom is 0.255 e. The highest BCUT2D eigenvalue weighted by atomic mass is 32.2. The topological polar surface area (TPSA) is 84.0 Å². The molecule has 0 atom stereocenters. The van der Waals surface area contributed by atoms with Gasteiger partial charge in [-0.15, -0.1) is 0 Å². The minimum absolute atomic E-state index is 0.0217. The number of nitrogens with zero attached hydrogens (tertiary/aromatic N) is 2. The Labute approximate surface area is 179 Å². The second-order valence-corrected chi connectivity index (χ2v) is 8.40. The van der Waals surface area contributed by atoms with Gasteiger partial charge in [-0.05, 0) is 87.0 Å². The zero-order valence-electron chi connectivity index (χ0n) is 16.8. The molecule has 1 aliphatic carbocycles. The number of nitrogens with one attached hydrogen (secondary N) is 2. The zero-order valence-corrected chi connectivity index (χ0v) is 17.6. The third kappa shape index (κ3) is 5.24. The number of anilines is 2. The number of hydrogen-bond donors (Lipinski definition) is 2. The van der Waals surface area contributed by atoms with Crippen molar-refractivity contribution in [1.29, 1.82) is 0 Å². The Morgan fingerprint density at radius 3 is 2.27 bits per heavy atom. The van der Waals surface area contributed by atoms with Crippen LogP contribution >= 0.6 is 11.8 Å². The van der Waals surface area contributed by atoms with Gasteiger partial charge in [0.25, 0.3) is 5.91 Å². The van der Waals surface area contributed by atoms with Gasteiger partial charge >= 0.3 is 0 Å². The van der Waals surface area contributed by atoms with Crippen LogP contribution in [0.3, 0.4) is 0 Å². The van der Waals surface area contributed by atoms with Gasteiger partial charge in [-0.25, -0.2) is 9.97 Å². The molecule has 30 heavy (non-hydrogen) atoms. The predicted molar refractivity (Wildman–Crippen MR) is 118 cm³/mol. The van der Waals surface area contributed by atoms with E-state index < -0.39 is 0 Å². The number of carbonyl (C=O) groups is 2. The zero-order chi connectivity index (χ0) is 21.1. The van der Waals surface area contributed by atoms with E-state index in [4.69, 9.17) is 0 Å². The molecule has 2 N–H and O–H groups in total. The van der Waals surface area contributed by atoms with Crippen LogP contribution < -0.4 is 10.6 Å². The first-order valence-corrected chi connectivity index (χ1v) is 10.6. The Hall–Kier alpha value is -3.19. The maximum atomic E-state index is 12.6. The van der Waals surface area contributed by atoms with E-state index in [0.29, 0.717) is 22.1 Å². The molecule has 0 radical (unpaired) electrons. The first-order chi connectivity index (χ1) is 14.5. The van der Waals surface area contributed by atoms with Gasteiger partial charge in [0.1, 0.15) is 0 Å². The van der Waals surface area contributed by atoms with Crippen molar-refractivity contribution >= 4 is 35.0 Å². The van der Waals surface area contributed by atoms with E-state index in [2.05, 4.69) is 20.6 Å². The summed E-state index contributed by atoms with van der Waals surface area (Å²) in [6, 6.07) is 16.5. The maximum absolute atomic E-state index is 12.6. The van der Waals surface area contributed by atoms with E-state index in [1.807, 2.05) is 44.2 Å². The Kier molecular flexibility index (Phi) is 5.81. The summed E-state index contributed by atoms with van der Waals surface area (Å²) in [5.41, 5.74) is 3.69. The van der Waals surface area contributed by atoms with Crippen molar-refractivity contribution in [3.8, 4) is 0 Å². The smallest absolute Gasteiger partial charge is 0.255 e. The summed E-state index contributed by atoms with van der Waals surface area (Å²) < 4.78 is 0. The fraction of sp³-hybridized carbons (Fsp3) is 0.217. The molecule has 6 nitrogen and oxygen atoms in total. The molecule has 0 saturated heterocycles. The molecule has 0 spiro atoms. The highest BCUT2D eigenvalue weighted by Crippen LogP contribution is 2.30. The normalized spacial score (nSPS) is 13.0. The fourth-order valence-corrected chi connectivity index (χ4v) is 3.84. The summed E-state index contributed by atoms with van der Waals surface area (Å²) in [6.45, 7) is 3.90. The predicted octanol–water partition coefficient (Wildman–Crippen LogP) is 4.85. The SMILES string of the molecule is Cc1cc(C)nc(Sc2ccc(NC(=O)c3cccc(NC(=O)C4CC4)c3)cc2)n1. The number of benzene rings is 2. The van der Waals surface area contributed by atoms with Gasteiger partial charge in [-0.3, -0.25) is 9.59 Å². The quantitative estimate of drug-likeness (QED) is 0.559. The van der Waals surface area contributed by atoms with E-state index >= 15 is 0 Å². The molecule has 2 aromatic carbocycles. The number of rotatable bonds is 6. The molecule has 3 aromatic rings. The van der Waals surface area contributed by atoms with Crippen LogP contribution in [0, 0.1) is 19.8 Å². The van der Waals surface area contributed by atoms with Gasteiger partial charge < -0.3 is 10.6 Å². The first kappa shape index (κ1) is 20.1. The molecule has 0 unspecified atom stereocenters. The van der Waals surface area contributed by atoms with Crippen molar-refractivity contribution in [3.05, 3.63) is 71.5 Å². The molecule has 0 bridgehead atoms. The third-order valence-electron chi connectivity index (χ3n) is 4.62. The lowest BCUT2D eigenvalue weighted by Gasteiger charge is -2.09. The van der Waals surface area contributed by atoms with Gasteiger partial charge in [0.2, 0.25) is 5.91 Å². The van der Waals surface area contributed by atoms with Crippen LogP contribution in [-0.2, 0) is 4.79 Å². The van der Waals surface area contributed by atoms with Crippen LogP contribution in [0.5, 0.6) is 0 Å². The first-order valence-electron chi connectivity index (χ1n) is 9.79. The summed E-state index contributed by atoms with van der Waals surface area (Å²) in [5.74, 6) is -0.0861. The van der Waals surface area contributed by atoms with E-state index in [1.165, 1.54) is 11.8 Å². The molecule has 1 heterocycles. The van der Waals surface area contributed by atoms with Crippen molar-refractivity contribution < 1.29 is 9.59 Å². The second-order valence-electron chi connectivity index (χ2n) is 7.36. The number of carbonyl (C=O) groups excluding carboxylic acids is 2. The van der Waals surface area contributed by atoms with E-state index in [-0.39, 0.29) is 17.7 Å². The number of amides is 2. The van der Waals surface area contributed by atoms with Crippen molar-refractivity contribution in [2.24, 2.45) is 5.92 Å². The summed E-state index contributed by atoms with van der Waals surface area (Å²) in [5, 5.41) is 6.46. The Morgan fingerprint density at radius 2 is 1.60 bits per heavy atom. The molecule has 7 heteroatoms. The van der Waals surface area contributed by atoms with Crippen molar-refractivity contribution in [2.45, 2.75) is 36.7 Å². The monoisotopic (exact) mass is 418 g/mol. The molecule has 1 fully saturated rings. The molecule has 4 rings (SSSR count). The fourth-order valence-electron chi connectivity index (χ4n) is 2.98. The van der Waals surface area contributed by atoms with E-state index in [0.717, 1.165) is 29.1 Å². The standard InChI is InChI=1S/C23H22N4O2S/c1-14-12-15(2)25-23(24-14)30-20-10-8-18(9-11-20)26-22(29)17-4-3-5-19(13-17)27-21(28)16-6-7-16/h3-5,8-13,16H,6-7H2,1-2H3,(H,26,29)(H,27,28). The molecule has 2 amide bonds. The van der Waals surface area contributed by atoms with Crippen LogP contribution in [0.4, 0.5) is 11.4 Å². The van der Waals surface area contributed by atoms with Gasteiger partial charge in [-0.1, -0.05) is 6.07 Å². The average Bonchev–Trinajstić information content (AvgIpc) is 3.54. The van der Waals surface area contributed by atoms with Crippen molar-refractivity contribution in [1.82, 2.24) is 9.97 Å². The number of aryl methyl sites for hydroxylation is 2. The minimum atomic E-state index is -0.226. The van der Waals surface area contributed by atoms with Crippen LogP contribution in [0.1, 0.15) is 34.6 Å². The molecule has 0 aliphatic heterocycles. The van der Waals surface area contributed by atoms with Crippen molar-refractivity contribution in [2.75, 3.05) is 10.6 Å². The number of hydrogen-bond acceptors (Lipinski definition) is 5. The van der Waals surface area contributed by atoms with E-state index in [9.17, 15) is 9.59 Å². The van der Waals surface area contributed by atoms with Crippen LogP contribution in [0.2, 0.25) is 0 Å². The Bertz CT molecular complexity index is 1070. The summed E-state index contributed by atoms with van der Waals surface area (Å²) >= 11 is 1.48. The lowest BCUT2D eigenvalue weighted by Crippen LogP contribution is -2.15. The van der Waals surface area contributed by atoms with Gasteiger partial charge in [0.15, 0.2) is 5.16 Å². The Morgan fingerprint density at radius 1 is 0.900 bits per heavy atom. The van der Waals surface area contributed by atoms with Gasteiger partial charge in [0.05, 0.1) is 0 Å². The second kappa shape index (κ2) is 8.67. The third-order valence-corrected chi connectivity index (χ3v) is 5.50. The van der Waals surface area contributed by atoms with Crippen LogP contribution in [0.25, 0.3) is 0 Å². The van der Waals surface area contributed by atoms with Gasteiger partial charge in [0, 0.05) is 39.1 Å². The Balaban J connectivity index is 1.39. The highest BCUT2D eigenvalue weighted by molar-refractivity contribution is 7.99. The van der Waals surface area contributed by atoms with Gasteiger partial charge in [-0.2, -0.15) is 0 Å². The molecule has 1 aromatic heterocycles. The molecular formula is C23H22N4O2S. The molecule has 152 valence electrons. The average molecular weight is 419 g/mol. The lowest BCUT2D eigenvalue weighted by molar-refractivity contribution is -0.117. The van der Waals surface area contributed by atoms with Crippen molar-refractivity contribution in [3.63, 3.8) is 0 Å². The lowest BCUT2D eigenvalue weighted by atomic mass is 10.1. The largest absolute Gasteiger partial charge is 0.326 e. The van der Waals surface area contributed by atoms with E-state index in [1.54, 1.807) is 24.3 Å². The molecular weight excluding hydrogens is 396 g/mol. The summed E-state index contributed by atoms with van der Waals surface area (Å²) in [4.78, 5) is 34.4. The summed E-state index contributed by atoms with van der Waals surface area (Å²) in [7, 11) is 0. The number of aromatic nitrogens is 2. The molecule has 1 saturated carbocycles. The molecule has 1 aliphatic rings. The van der Waals surface area contributed by atoms with Crippen LogP contribution in [0.15, 0.2) is 64.6 Å².